The lowest BCUT2D eigenvalue weighted by Gasteiger charge is -2.10. The number of hydrogen-bond acceptors (Lipinski definition) is 4. The van der Waals surface area contributed by atoms with Crippen LogP contribution in [0.25, 0.3) is 0 Å². The first-order chi connectivity index (χ1) is 12.2. The van der Waals surface area contributed by atoms with Crippen molar-refractivity contribution in [2.24, 2.45) is 0 Å². The summed E-state index contributed by atoms with van der Waals surface area (Å²) in [4.78, 5) is 16.7. The first kappa shape index (κ1) is 17.0. The second-order valence-electron chi connectivity index (χ2n) is 5.22. The lowest BCUT2D eigenvalue weighted by molar-refractivity contribution is 0.102. The zero-order valence-electron chi connectivity index (χ0n) is 13.5. The lowest BCUT2D eigenvalue weighted by atomic mass is 10.2. The molecule has 0 spiro atoms. The van der Waals surface area contributed by atoms with Crippen LogP contribution in [0.15, 0.2) is 71.3 Å². The fourth-order valence-corrected chi connectivity index (χ4v) is 2.60. The summed E-state index contributed by atoms with van der Waals surface area (Å²) < 4.78 is 5.96. The van der Waals surface area contributed by atoms with Gasteiger partial charge >= 0.3 is 0 Å². The molecule has 0 aliphatic rings. The molecule has 0 radical (unpaired) electrons. The van der Waals surface area contributed by atoms with Gasteiger partial charge in [-0.3, -0.25) is 4.79 Å². The number of nitrogens with zero attached hydrogens (tertiary/aromatic N) is 1. The van der Waals surface area contributed by atoms with Crippen molar-refractivity contribution in [2.45, 2.75) is 0 Å². The van der Waals surface area contributed by atoms with Crippen LogP contribution >= 0.6 is 15.9 Å². The molecule has 0 unspecified atom stereocenters. The standard InChI is InChI=1S/C19H16BrN3O2/c1-25-15-8-6-14(7-9-15)22-18-12-13(10-11-21-18)19(24)23-17-5-3-2-4-16(17)20/h2-12H,1H3,(H,21,22)(H,23,24). The second-order valence-corrected chi connectivity index (χ2v) is 6.07. The molecule has 2 N–H and O–H groups in total. The van der Waals surface area contributed by atoms with Gasteiger partial charge in [0.2, 0.25) is 0 Å². The molecule has 0 fully saturated rings. The average molecular weight is 398 g/mol. The molecular weight excluding hydrogens is 382 g/mol. The number of carbonyl (C=O) groups is 1. The second kappa shape index (κ2) is 7.81. The van der Waals surface area contributed by atoms with E-state index in [0.29, 0.717) is 17.1 Å². The molecule has 0 aliphatic carbocycles. The number of methoxy groups -OCH3 is 1. The van der Waals surface area contributed by atoms with Crippen molar-refractivity contribution in [3.8, 4) is 5.75 Å². The van der Waals surface area contributed by atoms with Gasteiger partial charge in [0.15, 0.2) is 0 Å². The maximum atomic E-state index is 12.5. The van der Waals surface area contributed by atoms with E-state index in [1.165, 1.54) is 0 Å². The van der Waals surface area contributed by atoms with Crippen LogP contribution in [0.2, 0.25) is 0 Å². The Morgan fingerprint density at radius 2 is 1.84 bits per heavy atom. The summed E-state index contributed by atoms with van der Waals surface area (Å²) in [7, 11) is 1.62. The lowest BCUT2D eigenvalue weighted by Crippen LogP contribution is -2.12. The molecule has 1 heterocycles. The molecule has 6 heteroatoms. The van der Waals surface area contributed by atoms with E-state index in [0.717, 1.165) is 15.9 Å². The third-order valence-corrected chi connectivity index (χ3v) is 4.20. The number of amides is 1. The van der Waals surface area contributed by atoms with Gasteiger partial charge in [-0.05, 0) is 64.5 Å². The van der Waals surface area contributed by atoms with Crippen LogP contribution in [0.5, 0.6) is 5.75 Å². The van der Waals surface area contributed by atoms with E-state index in [2.05, 4.69) is 31.5 Å². The van der Waals surface area contributed by atoms with Crippen LogP contribution in [-0.2, 0) is 0 Å². The summed E-state index contributed by atoms with van der Waals surface area (Å²) in [5.74, 6) is 1.16. The van der Waals surface area contributed by atoms with Crippen LogP contribution in [0, 0.1) is 0 Å². The molecule has 0 bridgehead atoms. The van der Waals surface area contributed by atoms with E-state index in [1.807, 2.05) is 48.5 Å². The number of rotatable bonds is 5. The number of para-hydroxylation sites is 1. The van der Waals surface area contributed by atoms with Crippen LogP contribution in [0.4, 0.5) is 17.2 Å². The first-order valence-electron chi connectivity index (χ1n) is 7.59. The summed E-state index contributed by atoms with van der Waals surface area (Å²) in [6, 6.07) is 18.3. The Morgan fingerprint density at radius 1 is 1.08 bits per heavy atom. The number of pyridine rings is 1. The average Bonchev–Trinajstić information content (AvgIpc) is 2.64. The summed E-state index contributed by atoms with van der Waals surface area (Å²) in [6.45, 7) is 0. The number of hydrogen-bond donors (Lipinski definition) is 2. The van der Waals surface area contributed by atoms with E-state index >= 15 is 0 Å². The van der Waals surface area contributed by atoms with Crippen molar-refractivity contribution in [3.05, 3.63) is 76.9 Å². The molecular formula is C19H16BrN3O2. The number of benzene rings is 2. The molecule has 2 aromatic carbocycles. The summed E-state index contributed by atoms with van der Waals surface area (Å²) in [6.07, 6.45) is 1.60. The maximum Gasteiger partial charge on any atom is 0.255 e. The molecule has 126 valence electrons. The molecule has 0 aliphatic heterocycles. The van der Waals surface area contributed by atoms with Crippen LogP contribution in [-0.4, -0.2) is 18.0 Å². The summed E-state index contributed by atoms with van der Waals surface area (Å²) in [5, 5.41) is 6.04. The van der Waals surface area contributed by atoms with E-state index in [-0.39, 0.29) is 5.91 Å². The van der Waals surface area contributed by atoms with E-state index in [4.69, 9.17) is 4.74 Å². The van der Waals surface area contributed by atoms with E-state index < -0.39 is 0 Å². The molecule has 3 aromatic rings. The fourth-order valence-electron chi connectivity index (χ4n) is 2.22. The number of carbonyl (C=O) groups excluding carboxylic acids is 1. The monoisotopic (exact) mass is 397 g/mol. The van der Waals surface area contributed by atoms with Gasteiger partial charge in [-0.25, -0.2) is 4.98 Å². The molecule has 1 amide bonds. The predicted molar refractivity (Wildman–Crippen MR) is 103 cm³/mol. The number of ether oxygens (including phenoxy) is 1. The number of halogens is 1. The highest BCUT2D eigenvalue weighted by molar-refractivity contribution is 9.10. The topological polar surface area (TPSA) is 63.2 Å². The highest BCUT2D eigenvalue weighted by Crippen LogP contribution is 2.23. The summed E-state index contributed by atoms with van der Waals surface area (Å²) >= 11 is 3.42. The van der Waals surface area contributed by atoms with Crippen LogP contribution in [0.3, 0.4) is 0 Å². The highest BCUT2D eigenvalue weighted by Gasteiger charge is 2.09. The fraction of sp³-hybridized carbons (Fsp3) is 0.0526. The van der Waals surface area contributed by atoms with Crippen molar-refractivity contribution >= 4 is 39.0 Å². The Hall–Kier alpha value is -2.86. The number of aromatic nitrogens is 1. The van der Waals surface area contributed by atoms with E-state index in [1.54, 1.807) is 25.4 Å². The van der Waals surface area contributed by atoms with Crippen LogP contribution < -0.4 is 15.4 Å². The first-order valence-corrected chi connectivity index (χ1v) is 8.38. The molecule has 0 saturated carbocycles. The van der Waals surface area contributed by atoms with Crippen molar-refractivity contribution in [1.29, 1.82) is 0 Å². The maximum absolute atomic E-state index is 12.5. The minimum Gasteiger partial charge on any atom is -0.497 e. The Labute approximate surface area is 154 Å². The Bertz CT molecular complexity index is 882. The predicted octanol–water partition coefficient (Wildman–Crippen LogP) is 4.85. The zero-order valence-corrected chi connectivity index (χ0v) is 15.1. The van der Waals surface area contributed by atoms with Gasteiger partial charge in [0.25, 0.3) is 5.91 Å². The van der Waals surface area contributed by atoms with Crippen molar-refractivity contribution < 1.29 is 9.53 Å². The largest absolute Gasteiger partial charge is 0.497 e. The molecule has 5 nitrogen and oxygen atoms in total. The van der Waals surface area contributed by atoms with Crippen molar-refractivity contribution in [3.63, 3.8) is 0 Å². The number of nitrogens with one attached hydrogen (secondary N) is 2. The van der Waals surface area contributed by atoms with Crippen LogP contribution in [0.1, 0.15) is 10.4 Å². The van der Waals surface area contributed by atoms with Gasteiger partial charge in [-0.2, -0.15) is 0 Å². The van der Waals surface area contributed by atoms with Gasteiger partial charge in [-0.1, -0.05) is 12.1 Å². The molecule has 3 rings (SSSR count). The van der Waals surface area contributed by atoms with Crippen molar-refractivity contribution in [1.82, 2.24) is 4.98 Å². The highest BCUT2D eigenvalue weighted by atomic mass is 79.9. The zero-order chi connectivity index (χ0) is 17.6. The Balaban J connectivity index is 1.74. The molecule has 25 heavy (non-hydrogen) atoms. The Kier molecular flexibility index (Phi) is 5.30. The number of anilines is 3. The van der Waals surface area contributed by atoms with Gasteiger partial charge in [0, 0.05) is 21.9 Å². The van der Waals surface area contributed by atoms with Gasteiger partial charge in [0.05, 0.1) is 12.8 Å². The molecule has 0 atom stereocenters. The minimum absolute atomic E-state index is 0.202. The Morgan fingerprint density at radius 3 is 2.56 bits per heavy atom. The minimum atomic E-state index is -0.202. The smallest absolute Gasteiger partial charge is 0.255 e. The van der Waals surface area contributed by atoms with E-state index in [9.17, 15) is 4.79 Å². The van der Waals surface area contributed by atoms with Gasteiger partial charge in [0.1, 0.15) is 11.6 Å². The summed E-state index contributed by atoms with van der Waals surface area (Å²) in [5.41, 5.74) is 2.09. The molecule has 1 aromatic heterocycles. The van der Waals surface area contributed by atoms with Crippen molar-refractivity contribution in [2.75, 3.05) is 17.7 Å². The third kappa shape index (κ3) is 4.36. The van der Waals surface area contributed by atoms with Gasteiger partial charge < -0.3 is 15.4 Å². The van der Waals surface area contributed by atoms with Gasteiger partial charge in [-0.15, -0.1) is 0 Å². The SMILES string of the molecule is COc1ccc(Nc2cc(C(=O)Nc3ccccc3Br)ccn2)cc1. The normalized spacial score (nSPS) is 10.2. The quantitative estimate of drug-likeness (QED) is 0.645. The molecule has 0 saturated heterocycles. The third-order valence-electron chi connectivity index (χ3n) is 3.51.